The van der Waals surface area contributed by atoms with Crippen LogP contribution in [0.1, 0.15) is 19.8 Å². The summed E-state index contributed by atoms with van der Waals surface area (Å²) in [5, 5.41) is 1.74. The van der Waals surface area contributed by atoms with Gasteiger partial charge in [0.25, 0.3) is 0 Å². The maximum absolute atomic E-state index is 12.4. The first-order valence-corrected chi connectivity index (χ1v) is 7.13. The summed E-state index contributed by atoms with van der Waals surface area (Å²) in [4.78, 5) is 24.3. The standard InChI is InChI=1S/C12H19F3N2O3S/c1-3-20-9(18)8(16-10(19)12(13,14)15)11(21)4-6-17(2)7-5-11/h8,21H,3-7H2,1-2H3,(H,16,19)/p+1. The number of amides is 1. The number of hydrogen-bond acceptors (Lipinski definition) is 4. The fourth-order valence-corrected chi connectivity index (χ4v) is 2.64. The zero-order valence-corrected chi connectivity index (χ0v) is 12.8. The third-order valence-corrected chi connectivity index (χ3v) is 4.27. The van der Waals surface area contributed by atoms with Crippen LogP contribution in [0.5, 0.6) is 0 Å². The highest BCUT2D eigenvalue weighted by molar-refractivity contribution is 7.82. The van der Waals surface area contributed by atoms with Gasteiger partial charge in [-0.2, -0.15) is 25.8 Å². The van der Waals surface area contributed by atoms with Crippen LogP contribution in [0, 0.1) is 0 Å². The Hall–Kier alpha value is -0.960. The molecule has 1 atom stereocenters. The van der Waals surface area contributed by atoms with Crippen molar-refractivity contribution in [3.8, 4) is 0 Å². The van der Waals surface area contributed by atoms with Gasteiger partial charge in [0.05, 0.1) is 31.5 Å². The van der Waals surface area contributed by atoms with Crippen LogP contribution in [-0.2, 0) is 14.3 Å². The lowest BCUT2D eigenvalue weighted by molar-refractivity contribution is -0.885. The van der Waals surface area contributed by atoms with Crippen LogP contribution in [0.15, 0.2) is 0 Å². The van der Waals surface area contributed by atoms with Crippen LogP contribution in [0.25, 0.3) is 0 Å². The molecule has 122 valence electrons. The zero-order chi connectivity index (χ0) is 16.3. The van der Waals surface area contributed by atoms with E-state index in [4.69, 9.17) is 4.74 Å². The Labute approximate surface area is 126 Å². The van der Waals surface area contributed by atoms with E-state index in [9.17, 15) is 22.8 Å². The van der Waals surface area contributed by atoms with E-state index in [1.807, 2.05) is 7.05 Å². The molecule has 1 aliphatic rings. The predicted octanol–water partition coefficient (Wildman–Crippen LogP) is -0.426. The molecule has 5 nitrogen and oxygen atoms in total. The Morgan fingerprint density at radius 1 is 1.38 bits per heavy atom. The summed E-state index contributed by atoms with van der Waals surface area (Å²) in [6.07, 6.45) is -4.24. The Morgan fingerprint density at radius 3 is 2.33 bits per heavy atom. The van der Waals surface area contributed by atoms with Gasteiger partial charge in [-0.25, -0.2) is 4.79 Å². The molecule has 1 fully saturated rings. The molecule has 21 heavy (non-hydrogen) atoms. The normalized spacial score (nSPS) is 27.8. The minimum absolute atomic E-state index is 0.0201. The molecule has 1 aliphatic heterocycles. The molecule has 1 unspecified atom stereocenters. The molecule has 0 bridgehead atoms. The van der Waals surface area contributed by atoms with E-state index in [0.717, 1.165) is 0 Å². The van der Waals surface area contributed by atoms with Gasteiger partial charge < -0.3 is 15.0 Å². The number of ether oxygens (including phenoxy) is 1. The first kappa shape index (κ1) is 18.1. The number of likely N-dealkylation sites (tertiary alicyclic amines) is 1. The Kier molecular flexibility index (Phi) is 5.92. The van der Waals surface area contributed by atoms with Crippen LogP contribution in [0.4, 0.5) is 13.2 Å². The summed E-state index contributed by atoms with van der Waals surface area (Å²) in [6, 6.07) is -1.41. The molecular formula is C12H20F3N2O3S+. The Bertz CT molecular complexity index is 396. The van der Waals surface area contributed by atoms with Gasteiger partial charge in [0.1, 0.15) is 6.04 Å². The monoisotopic (exact) mass is 329 g/mol. The second-order valence-corrected chi connectivity index (χ2v) is 6.11. The van der Waals surface area contributed by atoms with Crippen molar-refractivity contribution < 1.29 is 32.4 Å². The lowest BCUT2D eigenvalue weighted by Gasteiger charge is -2.39. The molecule has 0 aromatic heterocycles. The highest BCUT2D eigenvalue weighted by atomic mass is 32.1. The van der Waals surface area contributed by atoms with Gasteiger partial charge in [0, 0.05) is 12.8 Å². The third-order valence-electron chi connectivity index (χ3n) is 3.56. The van der Waals surface area contributed by atoms with Crippen molar-refractivity contribution >= 4 is 24.5 Å². The van der Waals surface area contributed by atoms with Gasteiger partial charge in [-0.1, -0.05) is 0 Å². The number of esters is 1. The summed E-state index contributed by atoms with van der Waals surface area (Å²) in [5.41, 5.74) is 0. The predicted molar refractivity (Wildman–Crippen MR) is 72.2 cm³/mol. The third kappa shape index (κ3) is 4.77. The van der Waals surface area contributed by atoms with E-state index in [-0.39, 0.29) is 6.61 Å². The molecule has 0 aromatic carbocycles. The van der Waals surface area contributed by atoms with E-state index < -0.39 is 28.8 Å². The second kappa shape index (κ2) is 6.87. The maximum atomic E-state index is 12.4. The number of quaternary nitrogens is 1. The van der Waals surface area contributed by atoms with Gasteiger partial charge >= 0.3 is 18.1 Å². The SMILES string of the molecule is CCOC(=O)C(NC(=O)C(F)(F)F)C1(S)CC[NH+](C)CC1. The number of carbonyl (C=O) groups is 2. The van der Waals surface area contributed by atoms with Crippen LogP contribution < -0.4 is 10.2 Å². The first-order valence-electron chi connectivity index (χ1n) is 6.68. The first-order chi connectivity index (χ1) is 9.60. The maximum Gasteiger partial charge on any atom is 0.471 e. The molecular weight excluding hydrogens is 309 g/mol. The molecule has 0 radical (unpaired) electrons. The summed E-state index contributed by atoms with van der Waals surface area (Å²) in [6.45, 7) is 2.87. The molecule has 2 N–H and O–H groups in total. The average Bonchev–Trinajstić information content (AvgIpc) is 2.38. The molecule has 0 aromatic rings. The number of hydrogen-bond donors (Lipinski definition) is 3. The molecule has 1 amide bonds. The van der Waals surface area contributed by atoms with Crippen molar-refractivity contribution in [1.29, 1.82) is 0 Å². The number of nitrogens with one attached hydrogen (secondary N) is 2. The molecule has 0 spiro atoms. The lowest BCUT2D eigenvalue weighted by atomic mass is 9.88. The van der Waals surface area contributed by atoms with Crippen molar-refractivity contribution in [3.05, 3.63) is 0 Å². The number of thiol groups is 1. The number of halogens is 3. The van der Waals surface area contributed by atoms with Crippen molar-refractivity contribution in [2.75, 3.05) is 26.7 Å². The topological polar surface area (TPSA) is 59.8 Å². The fraction of sp³-hybridized carbons (Fsp3) is 0.833. The average molecular weight is 329 g/mol. The largest absolute Gasteiger partial charge is 0.471 e. The highest BCUT2D eigenvalue weighted by Crippen LogP contribution is 2.30. The highest BCUT2D eigenvalue weighted by Gasteiger charge is 2.49. The van der Waals surface area contributed by atoms with Gasteiger partial charge in [-0.15, -0.1) is 0 Å². The molecule has 1 heterocycles. The van der Waals surface area contributed by atoms with E-state index in [1.165, 1.54) is 4.90 Å². The number of alkyl halides is 3. The Morgan fingerprint density at radius 2 is 1.90 bits per heavy atom. The van der Waals surface area contributed by atoms with E-state index in [0.29, 0.717) is 25.9 Å². The van der Waals surface area contributed by atoms with Crippen molar-refractivity contribution in [1.82, 2.24) is 5.32 Å². The van der Waals surface area contributed by atoms with Crippen LogP contribution in [-0.4, -0.2) is 55.6 Å². The number of carbonyl (C=O) groups excluding carboxylic acids is 2. The fourth-order valence-electron chi connectivity index (χ4n) is 2.25. The van der Waals surface area contributed by atoms with Crippen LogP contribution in [0.3, 0.4) is 0 Å². The minimum Gasteiger partial charge on any atom is -0.464 e. The van der Waals surface area contributed by atoms with Crippen molar-refractivity contribution in [3.63, 3.8) is 0 Å². The van der Waals surface area contributed by atoms with Gasteiger partial charge in [0.2, 0.25) is 0 Å². The zero-order valence-electron chi connectivity index (χ0n) is 11.9. The molecule has 1 saturated heterocycles. The minimum atomic E-state index is -5.05. The van der Waals surface area contributed by atoms with Crippen LogP contribution in [0.2, 0.25) is 0 Å². The van der Waals surface area contributed by atoms with Gasteiger partial charge in [0.15, 0.2) is 0 Å². The molecule has 1 rings (SSSR count). The van der Waals surface area contributed by atoms with Gasteiger partial charge in [-0.3, -0.25) is 4.79 Å². The van der Waals surface area contributed by atoms with E-state index in [1.54, 1.807) is 12.2 Å². The summed E-state index contributed by atoms with van der Waals surface area (Å²) < 4.78 is 41.0. The Balaban J connectivity index is 2.92. The van der Waals surface area contributed by atoms with E-state index in [2.05, 4.69) is 12.6 Å². The molecule has 0 aliphatic carbocycles. The molecule has 9 heteroatoms. The summed E-state index contributed by atoms with van der Waals surface area (Å²) in [5.74, 6) is -3.04. The number of rotatable bonds is 4. The number of piperidine rings is 1. The summed E-state index contributed by atoms with van der Waals surface area (Å²) in [7, 11) is 1.95. The second-order valence-electron chi connectivity index (χ2n) is 5.22. The van der Waals surface area contributed by atoms with Gasteiger partial charge in [-0.05, 0) is 6.92 Å². The smallest absolute Gasteiger partial charge is 0.464 e. The molecule has 0 saturated carbocycles. The van der Waals surface area contributed by atoms with Crippen molar-refractivity contribution in [2.24, 2.45) is 0 Å². The van der Waals surface area contributed by atoms with Crippen molar-refractivity contribution in [2.45, 2.75) is 36.7 Å². The lowest BCUT2D eigenvalue weighted by Crippen LogP contribution is -3.10. The van der Waals surface area contributed by atoms with E-state index >= 15 is 0 Å². The van der Waals surface area contributed by atoms with Crippen LogP contribution >= 0.6 is 12.6 Å². The quantitative estimate of drug-likeness (QED) is 0.485. The summed E-state index contributed by atoms with van der Waals surface area (Å²) >= 11 is 4.39.